The lowest BCUT2D eigenvalue weighted by Gasteiger charge is -2.35. The number of piperidine rings is 1. The Kier molecular flexibility index (Phi) is 5.70. The van der Waals surface area contributed by atoms with Crippen molar-refractivity contribution in [1.29, 1.82) is 0 Å². The largest absolute Gasteiger partial charge is 0.495 e. The normalized spacial score (nSPS) is 19.0. The minimum absolute atomic E-state index is 0.400. The monoisotopic (exact) mass is 296 g/mol. The van der Waals surface area contributed by atoms with Gasteiger partial charge in [0.15, 0.2) is 0 Å². The fourth-order valence-electron chi connectivity index (χ4n) is 3.19. The maximum Gasteiger partial charge on any atom is 0.137 e. The maximum atomic E-state index is 6.24. The highest BCUT2D eigenvalue weighted by molar-refractivity contribution is 6.32. The lowest BCUT2D eigenvalue weighted by molar-refractivity contribution is 0.176. The molecule has 20 heavy (non-hydrogen) atoms. The molecule has 2 N–H and O–H groups in total. The van der Waals surface area contributed by atoms with Crippen molar-refractivity contribution in [1.82, 2.24) is 4.90 Å². The Labute approximate surface area is 127 Å². The van der Waals surface area contributed by atoms with Crippen molar-refractivity contribution in [3.63, 3.8) is 0 Å². The Morgan fingerprint density at radius 3 is 2.60 bits per heavy atom. The highest BCUT2D eigenvalue weighted by atomic mass is 35.5. The van der Waals surface area contributed by atoms with Crippen LogP contribution in [0.5, 0.6) is 5.75 Å². The van der Waals surface area contributed by atoms with E-state index in [0.717, 1.165) is 12.3 Å². The zero-order valence-corrected chi connectivity index (χ0v) is 13.2. The molecule has 2 rings (SSSR count). The number of rotatable bonds is 5. The van der Waals surface area contributed by atoms with Gasteiger partial charge in [-0.2, -0.15) is 0 Å². The van der Waals surface area contributed by atoms with Gasteiger partial charge in [-0.3, -0.25) is 0 Å². The van der Waals surface area contributed by atoms with Gasteiger partial charge in [0.25, 0.3) is 0 Å². The van der Waals surface area contributed by atoms with Gasteiger partial charge >= 0.3 is 0 Å². The van der Waals surface area contributed by atoms with Crippen LogP contribution in [-0.2, 0) is 0 Å². The standard InChI is InChI=1S/C16H25ClN2O/c1-3-19-8-6-12(7-9-19)14(11-18)13-4-5-16(20-2)15(17)10-13/h4-5,10,12,14H,3,6-9,11,18H2,1-2H3. The molecule has 1 saturated heterocycles. The molecule has 0 aromatic heterocycles. The third-order valence-electron chi connectivity index (χ3n) is 4.51. The molecule has 112 valence electrons. The summed E-state index contributed by atoms with van der Waals surface area (Å²) in [7, 11) is 1.64. The van der Waals surface area contributed by atoms with Crippen molar-refractivity contribution in [2.45, 2.75) is 25.7 Å². The molecule has 1 aromatic carbocycles. The Bertz CT molecular complexity index is 430. The summed E-state index contributed by atoms with van der Waals surface area (Å²) < 4.78 is 5.22. The fraction of sp³-hybridized carbons (Fsp3) is 0.625. The van der Waals surface area contributed by atoms with E-state index in [9.17, 15) is 0 Å². The first-order valence-electron chi connectivity index (χ1n) is 7.45. The molecular formula is C16H25ClN2O. The van der Waals surface area contributed by atoms with Gasteiger partial charge in [0, 0.05) is 0 Å². The fourth-order valence-corrected chi connectivity index (χ4v) is 3.45. The molecule has 1 unspecified atom stereocenters. The van der Waals surface area contributed by atoms with Crippen LogP contribution in [0.2, 0.25) is 5.02 Å². The average molecular weight is 297 g/mol. The zero-order valence-electron chi connectivity index (χ0n) is 12.4. The van der Waals surface area contributed by atoms with Gasteiger partial charge in [0.1, 0.15) is 5.75 Å². The second-order valence-electron chi connectivity index (χ2n) is 5.51. The van der Waals surface area contributed by atoms with Crippen LogP contribution in [0.3, 0.4) is 0 Å². The smallest absolute Gasteiger partial charge is 0.137 e. The number of benzene rings is 1. The van der Waals surface area contributed by atoms with Crippen LogP contribution in [0.4, 0.5) is 0 Å². The van der Waals surface area contributed by atoms with Crippen molar-refractivity contribution in [2.75, 3.05) is 33.3 Å². The molecule has 0 aliphatic carbocycles. The van der Waals surface area contributed by atoms with Crippen molar-refractivity contribution in [2.24, 2.45) is 11.7 Å². The summed E-state index contributed by atoms with van der Waals surface area (Å²) in [6, 6.07) is 6.07. The topological polar surface area (TPSA) is 38.5 Å². The van der Waals surface area contributed by atoms with Crippen molar-refractivity contribution in [3.05, 3.63) is 28.8 Å². The van der Waals surface area contributed by atoms with Crippen molar-refractivity contribution >= 4 is 11.6 Å². The van der Waals surface area contributed by atoms with Gasteiger partial charge in [0.2, 0.25) is 0 Å². The van der Waals surface area contributed by atoms with Gasteiger partial charge in [-0.15, -0.1) is 0 Å². The number of methoxy groups -OCH3 is 1. The van der Waals surface area contributed by atoms with E-state index in [4.69, 9.17) is 22.1 Å². The minimum atomic E-state index is 0.400. The van der Waals surface area contributed by atoms with Crippen LogP contribution < -0.4 is 10.5 Å². The second-order valence-corrected chi connectivity index (χ2v) is 5.92. The number of ether oxygens (including phenoxy) is 1. The van der Waals surface area contributed by atoms with Crippen LogP contribution in [0, 0.1) is 5.92 Å². The van der Waals surface area contributed by atoms with Crippen LogP contribution in [0.1, 0.15) is 31.2 Å². The number of hydrogen-bond donors (Lipinski definition) is 1. The van der Waals surface area contributed by atoms with Gasteiger partial charge in [-0.25, -0.2) is 0 Å². The Morgan fingerprint density at radius 2 is 2.10 bits per heavy atom. The van der Waals surface area contributed by atoms with E-state index in [-0.39, 0.29) is 0 Å². The second kappa shape index (κ2) is 7.30. The van der Waals surface area contributed by atoms with Gasteiger partial charge in [-0.05, 0) is 68.6 Å². The molecule has 1 aliphatic heterocycles. The van der Waals surface area contributed by atoms with Crippen LogP contribution in [0.25, 0.3) is 0 Å². The highest BCUT2D eigenvalue weighted by Crippen LogP contribution is 2.35. The summed E-state index contributed by atoms with van der Waals surface area (Å²) in [6.45, 7) is 6.42. The molecular weight excluding hydrogens is 272 g/mol. The predicted molar refractivity (Wildman–Crippen MR) is 84.6 cm³/mol. The first-order chi connectivity index (χ1) is 9.69. The van der Waals surface area contributed by atoms with E-state index < -0.39 is 0 Å². The number of likely N-dealkylation sites (tertiary alicyclic amines) is 1. The Hall–Kier alpha value is -0.770. The van der Waals surface area contributed by atoms with Crippen molar-refractivity contribution < 1.29 is 4.74 Å². The highest BCUT2D eigenvalue weighted by Gasteiger charge is 2.26. The third-order valence-corrected chi connectivity index (χ3v) is 4.80. The lowest BCUT2D eigenvalue weighted by atomic mass is 9.80. The molecule has 3 nitrogen and oxygen atoms in total. The summed E-state index contributed by atoms with van der Waals surface area (Å²) in [4.78, 5) is 2.51. The minimum Gasteiger partial charge on any atom is -0.495 e. The molecule has 1 fully saturated rings. The summed E-state index contributed by atoms with van der Waals surface area (Å²) in [5.74, 6) is 1.79. The van der Waals surface area contributed by atoms with E-state index in [1.54, 1.807) is 7.11 Å². The van der Waals surface area contributed by atoms with Gasteiger partial charge in [0.05, 0.1) is 12.1 Å². The summed E-state index contributed by atoms with van der Waals surface area (Å²) in [5, 5.41) is 0.675. The first kappa shape index (κ1) is 15.6. The first-order valence-corrected chi connectivity index (χ1v) is 7.83. The van der Waals surface area contributed by atoms with Gasteiger partial charge in [-0.1, -0.05) is 24.6 Å². The van der Waals surface area contributed by atoms with Crippen molar-refractivity contribution in [3.8, 4) is 5.75 Å². The molecule has 1 aliphatic rings. The SMILES string of the molecule is CCN1CCC(C(CN)c2ccc(OC)c(Cl)c2)CC1. The molecule has 4 heteroatoms. The van der Waals surface area contributed by atoms with Crippen LogP contribution in [0.15, 0.2) is 18.2 Å². The number of nitrogens with zero attached hydrogens (tertiary/aromatic N) is 1. The molecule has 0 radical (unpaired) electrons. The summed E-state index contributed by atoms with van der Waals surface area (Å²) >= 11 is 6.24. The maximum absolute atomic E-state index is 6.24. The number of hydrogen-bond acceptors (Lipinski definition) is 3. The molecule has 0 amide bonds. The number of nitrogens with two attached hydrogens (primary N) is 1. The number of halogens is 1. The zero-order chi connectivity index (χ0) is 14.5. The van der Waals surface area contributed by atoms with E-state index in [1.807, 2.05) is 12.1 Å². The van der Waals surface area contributed by atoms with E-state index in [2.05, 4.69) is 17.9 Å². The van der Waals surface area contributed by atoms with Crippen LogP contribution >= 0.6 is 11.6 Å². The molecule has 1 heterocycles. The third kappa shape index (κ3) is 3.46. The molecule has 0 spiro atoms. The lowest BCUT2D eigenvalue weighted by Crippen LogP contribution is -2.36. The summed E-state index contributed by atoms with van der Waals surface area (Å²) in [5.41, 5.74) is 7.28. The quantitative estimate of drug-likeness (QED) is 0.907. The van der Waals surface area contributed by atoms with Crippen LogP contribution in [-0.4, -0.2) is 38.2 Å². The molecule has 0 bridgehead atoms. The Morgan fingerprint density at radius 1 is 1.40 bits per heavy atom. The van der Waals surface area contributed by atoms with E-state index in [0.29, 0.717) is 23.4 Å². The molecule has 0 saturated carbocycles. The van der Waals surface area contributed by atoms with E-state index in [1.165, 1.54) is 31.5 Å². The average Bonchev–Trinajstić information content (AvgIpc) is 2.49. The Balaban J connectivity index is 2.10. The molecule has 1 atom stereocenters. The van der Waals surface area contributed by atoms with Gasteiger partial charge < -0.3 is 15.4 Å². The predicted octanol–water partition coefficient (Wildman–Crippen LogP) is 3.12. The van der Waals surface area contributed by atoms with E-state index >= 15 is 0 Å². The summed E-state index contributed by atoms with van der Waals surface area (Å²) in [6.07, 6.45) is 2.44. The molecule has 1 aromatic rings.